The lowest BCUT2D eigenvalue weighted by molar-refractivity contribution is -0.131. The van der Waals surface area contributed by atoms with Crippen LogP contribution in [0.2, 0.25) is 0 Å². The van der Waals surface area contributed by atoms with E-state index in [0.717, 1.165) is 0 Å². The third-order valence-corrected chi connectivity index (χ3v) is 3.49. The number of hydrogen-bond acceptors (Lipinski definition) is 2. The van der Waals surface area contributed by atoms with Crippen LogP contribution in [-0.4, -0.2) is 24.0 Å². The summed E-state index contributed by atoms with van der Waals surface area (Å²) in [5, 5.41) is 0. The minimum atomic E-state index is -0.358. The summed E-state index contributed by atoms with van der Waals surface area (Å²) in [6.45, 7) is 6.69. The molecule has 0 radical (unpaired) electrons. The fourth-order valence-electron chi connectivity index (χ4n) is 2.43. The molecule has 1 unspecified atom stereocenters. The van der Waals surface area contributed by atoms with Gasteiger partial charge in [-0.25, -0.2) is 4.39 Å². The van der Waals surface area contributed by atoms with Gasteiger partial charge >= 0.3 is 0 Å². The Hall–Kier alpha value is -1.84. The van der Waals surface area contributed by atoms with Crippen molar-refractivity contribution in [2.45, 2.75) is 27.2 Å². The zero-order valence-corrected chi connectivity index (χ0v) is 12.1. The normalized spacial score (nSPS) is 19.0. The fraction of sp³-hybridized carbons (Fsp3) is 0.438. The molecule has 0 bridgehead atoms. The standard InChI is InChI=1S/C16H20FNO2/c1-4-18-15(9-6-11(3)16(18)19)13-8-7-12(20-5-2)10-14(13)17/h7-11H,4-6H2,1-3H3. The topological polar surface area (TPSA) is 29.5 Å². The number of carbonyl (C=O) groups is 1. The van der Waals surface area contributed by atoms with Gasteiger partial charge in [-0.15, -0.1) is 0 Å². The summed E-state index contributed by atoms with van der Waals surface area (Å²) in [5.74, 6) is 0.165. The summed E-state index contributed by atoms with van der Waals surface area (Å²) in [4.78, 5) is 13.8. The van der Waals surface area contributed by atoms with E-state index < -0.39 is 0 Å². The Bertz CT molecular complexity index is 539. The van der Waals surface area contributed by atoms with Gasteiger partial charge in [0.05, 0.1) is 6.61 Å². The van der Waals surface area contributed by atoms with Crippen LogP contribution in [0.4, 0.5) is 4.39 Å². The van der Waals surface area contributed by atoms with E-state index in [1.54, 1.807) is 17.0 Å². The maximum absolute atomic E-state index is 14.2. The van der Waals surface area contributed by atoms with Crippen LogP contribution in [-0.2, 0) is 4.79 Å². The van der Waals surface area contributed by atoms with Crippen LogP contribution in [0.25, 0.3) is 5.70 Å². The number of halogens is 1. The summed E-state index contributed by atoms with van der Waals surface area (Å²) >= 11 is 0. The number of rotatable bonds is 4. The number of ether oxygens (including phenoxy) is 1. The second kappa shape index (κ2) is 6.07. The van der Waals surface area contributed by atoms with Crippen molar-refractivity contribution in [3.63, 3.8) is 0 Å². The monoisotopic (exact) mass is 277 g/mol. The van der Waals surface area contributed by atoms with Gasteiger partial charge in [-0.05, 0) is 32.4 Å². The SMILES string of the molecule is CCOc1ccc(C2=CCC(C)C(=O)N2CC)c(F)c1. The first-order valence-corrected chi connectivity index (χ1v) is 7.02. The highest BCUT2D eigenvalue weighted by Gasteiger charge is 2.28. The van der Waals surface area contributed by atoms with Crippen molar-refractivity contribution in [3.8, 4) is 5.75 Å². The Kier molecular flexibility index (Phi) is 4.42. The number of amides is 1. The summed E-state index contributed by atoms with van der Waals surface area (Å²) in [6, 6.07) is 4.78. The molecule has 1 amide bonds. The van der Waals surface area contributed by atoms with Gasteiger partial charge in [0.1, 0.15) is 11.6 Å². The van der Waals surface area contributed by atoms with Crippen LogP contribution in [0.1, 0.15) is 32.8 Å². The van der Waals surface area contributed by atoms with Gasteiger partial charge in [0.15, 0.2) is 0 Å². The highest BCUT2D eigenvalue weighted by molar-refractivity contribution is 5.90. The molecule has 20 heavy (non-hydrogen) atoms. The third-order valence-electron chi connectivity index (χ3n) is 3.49. The number of carbonyl (C=O) groups excluding carboxylic acids is 1. The molecule has 3 nitrogen and oxygen atoms in total. The minimum absolute atomic E-state index is 0.0375. The van der Waals surface area contributed by atoms with E-state index in [4.69, 9.17) is 4.74 Å². The molecule has 108 valence electrons. The summed E-state index contributed by atoms with van der Waals surface area (Å²) < 4.78 is 19.5. The maximum atomic E-state index is 14.2. The molecule has 1 aromatic rings. The zero-order chi connectivity index (χ0) is 14.7. The van der Waals surface area contributed by atoms with Crippen LogP contribution in [0.5, 0.6) is 5.75 Å². The maximum Gasteiger partial charge on any atom is 0.230 e. The van der Waals surface area contributed by atoms with Crippen LogP contribution in [0.15, 0.2) is 24.3 Å². The van der Waals surface area contributed by atoms with Gasteiger partial charge in [0.2, 0.25) is 5.91 Å². The Labute approximate surface area is 119 Å². The van der Waals surface area contributed by atoms with Gasteiger partial charge in [-0.3, -0.25) is 4.79 Å². The summed E-state index contributed by atoms with van der Waals surface area (Å²) in [7, 11) is 0. The number of nitrogens with zero attached hydrogens (tertiary/aromatic N) is 1. The number of benzene rings is 1. The number of hydrogen-bond donors (Lipinski definition) is 0. The van der Waals surface area contributed by atoms with E-state index in [-0.39, 0.29) is 17.6 Å². The third kappa shape index (κ3) is 2.69. The van der Waals surface area contributed by atoms with Crippen molar-refractivity contribution < 1.29 is 13.9 Å². The van der Waals surface area contributed by atoms with Crippen molar-refractivity contribution in [1.29, 1.82) is 0 Å². The lowest BCUT2D eigenvalue weighted by Crippen LogP contribution is -2.36. The lowest BCUT2D eigenvalue weighted by atomic mass is 9.97. The van der Waals surface area contributed by atoms with Gasteiger partial charge in [0, 0.05) is 29.8 Å². The molecule has 4 heteroatoms. The van der Waals surface area contributed by atoms with E-state index in [2.05, 4.69) is 0 Å². The molecule has 1 aromatic carbocycles. The molecular weight excluding hydrogens is 257 g/mol. The molecule has 1 aliphatic rings. The van der Waals surface area contributed by atoms with Crippen LogP contribution >= 0.6 is 0 Å². The van der Waals surface area contributed by atoms with Crippen molar-refractivity contribution >= 4 is 11.6 Å². The predicted molar refractivity (Wildman–Crippen MR) is 76.7 cm³/mol. The highest BCUT2D eigenvalue weighted by Crippen LogP contribution is 2.31. The predicted octanol–water partition coefficient (Wildman–Crippen LogP) is 3.45. The van der Waals surface area contributed by atoms with E-state index in [9.17, 15) is 9.18 Å². The average molecular weight is 277 g/mol. The molecule has 1 heterocycles. The fourth-order valence-corrected chi connectivity index (χ4v) is 2.43. The first kappa shape index (κ1) is 14.6. The molecule has 0 spiro atoms. The Morgan fingerprint density at radius 1 is 1.40 bits per heavy atom. The molecule has 0 saturated carbocycles. The molecule has 0 saturated heterocycles. The van der Waals surface area contributed by atoms with Crippen molar-refractivity contribution in [3.05, 3.63) is 35.7 Å². The van der Waals surface area contributed by atoms with Crippen LogP contribution in [0, 0.1) is 11.7 Å². The van der Waals surface area contributed by atoms with Crippen LogP contribution in [0.3, 0.4) is 0 Å². The Morgan fingerprint density at radius 3 is 2.75 bits per heavy atom. The smallest absolute Gasteiger partial charge is 0.230 e. The minimum Gasteiger partial charge on any atom is -0.494 e. The Morgan fingerprint density at radius 2 is 2.15 bits per heavy atom. The quantitative estimate of drug-likeness (QED) is 0.843. The summed E-state index contributed by atoms with van der Waals surface area (Å²) in [6.07, 6.45) is 2.59. The molecule has 1 atom stereocenters. The largest absolute Gasteiger partial charge is 0.494 e. The first-order chi connectivity index (χ1) is 9.58. The van der Waals surface area contributed by atoms with E-state index in [1.807, 2.05) is 26.8 Å². The molecular formula is C16H20FNO2. The van der Waals surface area contributed by atoms with Gasteiger partial charge in [-0.2, -0.15) is 0 Å². The molecule has 1 aliphatic heterocycles. The van der Waals surface area contributed by atoms with E-state index in [1.165, 1.54) is 6.07 Å². The van der Waals surface area contributed by atoms with Crippen molar-refractivity contribution in [1.82, 2.24) is 4.90 Å². The molecule has 0 fully saturated rings. The van der Waals surface area contributed by atoms with E-state index >= 15 is 0 Å². The van der Waals surface area contributed by atoms with Gasteiger partial charge in [-0.1, -0.05) is 13.0 Å². The molecule has 0 aromatic heterocycles. The van der Waals surface area contributed by atoms with Crippen molar-refractivity contribution in [2.75, 3.05) is 13.2 Å². The van der Waals surface area contributed by atoms with Crippen LogP contribution < -0.4 is 4.74 Å². The zero-order valence-electron chi connectivity index (χ0n) is 12.1. The highest BCUT2D eigenvalue weighted by atomic mass is 19.1. The van der Waals surface area contributed by atoms with Gasteiger partial charge < -0.3 is 9.64 Å². The number of allylic oxidation sites excluding steroid dienone is 1. The summed E-state index contributed by atoms with van der Waals surface area (Å²) in [5.41, 5.74) is 1.12. The molecule has 0 aliphatic carbocycles. The second-order valence-electron chi connectivity index (χ2n) is 4.88. The van der Waals surface area contributed by atoms with Gasteiger partial charge in [0.25, 0.3) is 0 Å². The molecule has 2 rings (SSSR count). The van der Waals surface area contributed by atoms with Crippen molar-refractivity contribution in [2.24, 2.45) is 5.92 Å². The first-order valence-electron chi connectivity index (χ1n) is 7.02. The molecule has 0 N–H and O–H groups in total. The second-order valence-corrected chi connectivity index (χ2v) is 4.88. The lowest BCUT2D eigenvalue weighted by Gasteiger charge is -2.31. The average Bonchev–Trinajstić information content (AvgIpc) is 2.43. The van der Waals surface area contributed by atoms with E-state index in [0.29, 0.717) is 36.6 Å². The Balaban J connectivity index is 2.37.